The molecule has 5 rings (SSSR count). The lowest BCUT2D eigenvalue weighted by atomic mass is 9.74. The fourth-order valence-electron chi connectivity index (χ4n) is 5.13. The average molecular weight is 429 g/mol. The zero-order valence-corrected chi connectivity index (χ0v) is 17.3. The first kappa shape index (κ1) is 19.4. The van der Waals surface area contributed by atoms with E-state index in [1.165, 1.54) is 4.31 Å². The third-order valence-corrected chi connectivity index (χ3v) is 8.39. The lowest BCUT2D eigenvalue weighted by molar-refractivity contribution is -0.0651. The Bertz CT molecular complexity index is 1220. The van der Waals surface area contributed by atoms with Gasteiger partial charge in [0.1, 0.15) is 11.2 Å². The van der Waals surface area contributed by atoms with Gasteiger partial charge in [-0.1, -0.05) is 31.0 Å². The van der Waals surface area contributed by atoms with Crippen LogP contribution in [0.15, 0.2) is 51.8 Å². The lowest BCUT2D eigenvalue weighted by Crippen LogP contribution is -2.54. The van der Waals surface area contributed by atoms with Gasteiger partial charge in [-0.05, 0) is 49.4 Å². The van der Waals surface area contributed by atoms with Crippen LogP contribution >= 0.6 is 0 Å². The molecule has 30 heavy (non-hydrogen) atoms. The van der Waals surface area contributed by atoms with Crippen LogP contribution in [0, 0.1) is 11.8 Å². The molecule has 7 nitrogen and oxygen atoms in total. The number of hydrogen-bond donors (Lipinski definition) is 1. The summed E-state index contributed by atoms with van der Waals surface area (Å²) in [5.41, 5.74) is 6.66. The average Bonchev–Trinajstić information content (AvgIpc) is 3.11. The van der Waals surface area contributed by atoms with E-state index in [-0.39, 0.29) is 10.8 Å². The summed E-state index contributed by atoms with van der Waals surface area (Å²) in [6, 6.07) is 12.4. The highest BCUT2D eigenvalue weighted by Crippen LogP contribution is 2.42. The molecular weight excluding hydrogens is 404 g/mol. The van der Waals surface area contributed by atoms with Gasteiger partial charge in [0.05, 0.1) is 4.90 Å². The van der Waals surface area contributed by atoms with E-state index < -0.39 is 22.3 Å². The van der Waals surface area contributed by atoms with Gasteiger partial charge in [0.15, 0.2) is 6.23 Å². The Hall–Kier alpha value is -2.58. The molecule has 3 aromatic rings. The van der Waals surface area contributed by atoms with E-state index >= 15 is 0 Å². The molecule has 2 heterocycles. The number of ether oxygens (including phenoxy) is 1. The third kappa shape index (κ3) is 3.15. The molecule has 2 fully saturated rings. The third-order valence-electron chi connectivity index (χ3n) is 6.53. The predicted molar refractivity (Wildman–Crippen MR) is 112 cm³/mol. The van der Waals surface area contributed by atoms with Crippen LogP contribution in [0.3, 0.4) is 0 Å². The number of fused-ring (bicyclic) bond motifs is 4. The second-order valence-corrected chi connectivity index (χ2v) is 10.1. The number of benzene rings is 2. The number of rotatable bonds is 3. The van der Waals surface area contributed by atoms with Gasteiger partial charge in [-0.3, -0.25) is 0 Å². The number of piperidine rings is 1. The minimum absolute atomic E-state index is 0.0201. The molecule has 3 atom stereocenters. The summed E-state index contributed by atoms with van der Waals surface area (Å²) >= 11 is 0. The van der Waals surface area contributed by atoms with Crippen molar-refractivity contribution >= 4 is 38.1 Å². The Morgan fingerprint density at radius 1 is 1.03 bits per heavy atom. The Morgan fingerprint density at radius 3 is 2.63 bits per heavy atom. The van der Waals surface area contributed by atoms with Crippen LogP contribution in [0.25, 0.3) is 21.9 Å². The SMILES string of the molecule is NC(=O)OC1C2CCCCC2CCN1S(=O)(=O)c1ccc2oc3ccccc3c2c1. The molecule has 3 unspecified atom stereocenters. The van der Waals surface area contributed by atoms with Gasteiger partial charge >= 0.3 is 6.09 Å². The van der Waals surface area contributed by atoms with Crippen molar-refractivity contribution in [1.82, 2.24) is 4.31 Å². The summed E-state index contributed by atoms with van der Waals surface area (Å²) in [5, 5.41) is 1.60. The molecule has 1 saturated carbocycles. The Kier molecular flexibility index (Phi) is 4.71. The minimum atomic E-state index is -3.89. The maximum absolute atomic E-state index is 13.6. The van der Waals surface area contributed by atoms with Crippen LogP contribution in [0.4, 0.5) is 4.79 Å². The number of carbonyl (C=O) groups excluding carboxylic acids is 1. The molecule has 1 amide bonds. The summed E-state index contributed by atoms with van der Waals surface area (Å²) < 4.78 is 39.8. The van der Waals surface area contributed by atoms with Crippen molar-refractivity contribution in [3.63, 3.8) is 0 Å². The Balaban J connectivity index is 1.57. The van der Waals surface area contributed by atoms with Gasteiger partial charge in [-0.25, -0.2) is 13.2 Å². The van der Waals surface area contributed by atoms with Gasteiger partial charge in [0.25, 0.3) is 0 Å². The number of nitrogens with two attached hydrogens (primary N) is 1. The van der Waals surface area contributed by atoms with E-state index in [0.717, 1.165) is 42.9 Å². The zero-order valence-electron chi connectivity index (χ0n) is 16.5. The van der Waals surface area contributed by atoms with Crippen LogP contribution in [-0.4, -0.2) is 31.6 Å². The topological polar surface area (TPSA) is 103 Å². The van der Waals surface area contributed by atoms with Crippen LogP contribution < -0.4 is 5.73 Å². The number of para-hydroxylation sites is 1. The van der Waals surface area contributed by atoms with Crippen molar-refractivity contribution < 1.29 is 22.4 Å². The molecule has 158 valence electrons. The normalized spacial score (nSPS) is 25.3. The summed E-state index contributed by atoms with van der Waals surface area (Å²) in [5.74, 6) is 0.336. The van der Waals surface area contributed by atoms with E-state index in [4.69, 9.17) is 14.9 Å². The first-order valence-electron chi connectivity index (χ1n) is 10.3. The molecule has 0 bridgehead atoms. The van der Waals surface area contributed by atoms with Gasteiger partial charge < -0.3 is 14.9 Å². The van der Waals surface area contributed by atoms with Crippen molar-refractivity contribution in [3.05, 3.63) is 42.5 Å². The molecule has 1 saturated heterocycles. The smallest absolute Gasteiger partial charge is 0.406 e. The second kappa shape index (κ2) is 7.28. The van der Waals surface area contributed by atoms with Crippen molar-refractivity contribution in [3.8, 4) is 0 Å². The fraction of sp³-hybridized carbons (Fsp3) is 0.409. The molecular formula is C22H24N2O5S. The van der Waals surface area contributed by atoms with Crippen LogP contribution in [0.2, 0.25) is 0 Å². The molecule has 2 aromatic carbocycles. The highest BCUT2D eigenvalue weighted by molar-refractivity contribution is 7.89. The van der Waals surface area contributed by atoms with Gasteiger partial charge in [0, 0.05) is 23.2 Å². The van der Waals surface area contributed by atoms with E-state index in [0.29, 0.717) is 23.6 Å². The highest BCUT2D eigenvalue weighted by atomic mass is 32.2. The van der Waals surface area contributed by atoms with Crippen molar-refractivity contribution in [2.24, 2.45) is 17.6 Å². The summed E-state index contributed by atoms with van der Waals surface area (Å²) in [6.07, 6.45) is 2.96. The maximum Gasteiger partial charge on any atom is 0.406 e. The summed E-state index contributed by atoms with van der Waals surface area (Å²) in [6.45, 7) is 0.311. The number of sulfonamides is 1. The number of furan rings is 1. The van der Waals surface area contributed by atoms with Crippen LogP contribution in [0.5, 0.6) is 0 Å². The predicted octanol–water partition coefficient (Wildman–Crippen LogP) is 4.21. The zero-order chi connectivity index (χ0) is 20.9. The van der Waals surface area contributed by atoms with E-state index in [9.17, 15) is 13.2 Å². The number of amides is 1. The molecule has 2 N–H and O–H groups in total. The largest absolute Gasteiger partial charge is 0.456 e. The van der Waals surface area contributed by atoms with Gasteiger partial charge in [-0.15, -0.1) is 0 Å². The first-order valence-corrected chi connectivity index (χ1v) is 11.8. The molecule has 1 aromatic heterocycles. The number of carbonyl (C=O) groups is 1. The second-order valence-electron chi connectivity index (χ2n) is 8.20. The van der Waals surface area contributed by atoms with Gasteiger partial charge in [-0.2, -0.15) is 4.31 Å². The molecule has 2 aliphatic rings. The Morgan fingerprint density at radius 2 is 1.80 bits per heavy atom. The summed E-state index contributed by atoms with van der Waals surface area (Å²) in [7, 11) is -3.89. The van der Waals surface area contributed by atoms with Crippen molar-refractivity contribution in [1.29, 1.82) is 0 Å². The molecule has 0 spiro atoms. The van der Waals surface area contributed by atoms with Crippen molar-refractivity contribution in [2.45, 2.75) is 43.2 Å². The number of nitrogens with zero attached hydrogens (tertiary/aromatic N) is 1. The van der Waals surface area contributed by atoms with E-state index in [1.54, 1.807) is 18.2 Å². The first-order chi connectivity index (χ1) is 14.4. The number of hydrogen-bond acceptors (Lipinski definition) is 5. The van der Waals surface area contributed by atoms with Crippen molar-refractivity contribution in [2.75, 3.05) is 6.54 Å². The van der Waals surface area contributed by atoms with Crippen LogP contribution in [0.1, 0.15) is 32.1 Å². The summed E-state index contributed by atoms with van der Waals surface area (Å²) in [4.78, 5) is 11.8. The lowest BCUT2D eigenvalue weighted by Gasteiger charge is -2.45. The quantitative estimate of drug-likeness (QED) is 0.673. The van der Waals surface area contributed by atoms with E-state index in [1.807, 2.05) is 24.3 Å². The molecule has 1 aliphatic heterocycles. The number of primary amides is 1. The standard InChI is InChI=1S/C22H24N2O5S/c23-22(25)29-21-16-6-2-1-5-14(16)11-12-24(21)30(26,27)15-9-10-20-18(13-15)17-7-3-4-8-19(17)28-20/h3-4,7-10,13-14,16,21H,1-2,5-6,11-12H2,(H2,23,25). The molecule has 8 heteroatoms. The van der Waals surface area contributed by atoms with Gasteiger partial charge in [0.2, 0.25) is 10.0 Å². The van der Waals surface area contributed by atoms with Crippen LogP contribution in [-0.2, 0) is 14.8 Å². The molecule has 0 radical (unpaired) electrons. The fourth-order valence-corrected chi connectivity index (χ4v) is 6.72. The monoisotopic (exact) mass is 428 g/mol. The Labute approximate surface area is 174 Å². The minimum Gasteiger partial charge on any atom is -0.456 e. The molecule has 1 aliphatic carbocycles. The maximum atomic E-state index is 13.6. The van der Waals surface area contributed by atoms with E-state index in [2.05, 4.69) is 0 Å². The highest BCUT2D eigenvalue weighted by Gasteiger charge is 2.46.